The summed E-state index contributed by atoms with van der Waals surface area (Å²) in [7, 11) is -2.00. The van der Waals surface area contributed by atoms with Crippen molar-refractivity contribution in [2.75, 3.05) is 0 Å². The molecule has 0 aliphatic carbocycles. The van der Waals surface area contributed by atoms with Gasteiger partial charge in [0.15, 0.2) is 4.80 Å². The van der Waals surface area contributed by atoms with E-state index in [0.717, 1.165) is 21.7 Å². The number of aryl methyl sites for hydroxylation is 2. The van der Waals surface area contributed by atoms with Gasteiger partial charge >= 0.3 is 0 Å². The maximum Gasteiger partial charge on any atom is 0.239 e. The molecule has 0 atom stereocenters. The highest BCUT2D eigenvalue weighted by molar-refractivity contribution is 8.93. The molecule has 2 N–H and O–H groups in total. The van der Waals surface area contributed by atoms with Crippen LogP contribution in [0.3, 0.4) is 0 Å². The Bertz CT molecular complexity index is 1170. The highest BCUT2D eigenvalue weighted by atomic mass is 79.9. The maximum absolute atomic E-state index is 11.7. The number of sulfonamides is 1. The van der Waals surface area contributed by atoms with Crippen LogP contribution < -0.4 is 9.94 Å². The second-order valence-corrected chi connectivity index (χ2v) is 8.83. The number of nitrogens with two attached hydrogens (primary N) is 1. The molecule has 0 aliphatic rings. The number of aromatic nitrogens is 1. The first-order valence-corrected chi connectivity index (χ1v) is 10.6. The summed E-state index contributed by atoms with van der Waals surface area (Å²) >= 11 is 7.45. The van der Waals surface area contributed by atoms with Crippen LogP contribution >= 0.6 is 39.9 Å². The SMILES string of the molecule is Br.Cc1ccc(/N=c2/scc(-c3ccc(Cl)c(S(N)(=O)=O)c3)n2C)c(C)c1. The summed E-state index contributed by atoms with van der Waals surface area (Å²) in [6.07, 6.45) is 0. The van der Waals surface area contributed by atoms with E-state index < -0.39 is 10.0 Å². The van der Waals surface area contributed by atoms with E-state index in [1.807, 2.05) is 43.0 Å². The molecule has 0 fully saturated rings. The summed E-state index contributed by atoms with van der Waals surface area (Å²) in [5.74, 6) is 0. The predicted molar refractivity (Wildman–Crippen MR) is 117 cm³/mol. The first-order chi connectivity index (χ1) is 12.2. The molecule has 0 spiro atoms. The number of hydrogen-bond acceptors (Lipinski definition) is 4. The molecule has 0 amide bonds. The van der Waals surface area contributed by atoms with Gasteiger partial charge in [-0.1, -0.05) is 35.4 Å². The Hall–Kier alpha value is -1.45. The Morgan fingerprint density at radius 2 is 1.85 bits per heavy atom. The summed E-state index contributed by atoms with van der Waals surface area (Å²) in [6, 6.07) is 10.9. The van der Waals surface area contributed by atoms with E-state index >= 15 is 0 Å². The third kappa shape index (κ3) is 4.70. The zero-order chi connectivity index (χ0) is 19.1. The average Bonchev–Trinajstić information content (AvgIpc) is 2.90. The van der Waals surface area contributed by atoms with Crippen molar-refractivity contribution in [1.82, 2.24) is 4.57 Å². The fraction of sp³-hybridized carbons (Fsp3) is 0.167. The molecule has 3 aromatic rings. The van der Waals surface area contributed by atoms with Crippen LogP contribution in [0, 0.1) is 13.8 Å². The van der Waals surface area contributed by atoms with Crippen LogP contribution in [0.4, 0.5) is 5.69 Å². The summed E-state index contributed by atoms with van der Waals surface area (Å²) in [4.78, 5) is 5.45. The lowest BCUT2D eigenvalue weighted by molar-refractivity contribution is 0.598. The van der Waals surface area contributed by atoms with Gasteiger partial charge in [0.25, 0.3) is 0 Å². The summed E-state index contributed by atoms with van der Waals surface area (Å²) in [5, 5.41) is 7.28. The Morgan fingerprint density at radius 3 is 2.48 bits per heavy atom. The van der Waals surface area contributed by atoms with Crippen LogP contribution in [0.2, 0.25) is 5.02 Å². The van der Waals surface area contributed by atoms with Crippen molar-refractivity contribution >= 4 is 55.6 Å². The van der Waals surface area contributed by atoms with Crippen molar-refractivity contribution in [2.24, 2.45) is 17.2 Å². The summed E-state index contributed by atoms with van der Waals surface area (Å²) in [6.45, 7) is 4.07. The van der Waals surface area contributed by atoms with E-state index in [1.165, 1.54) is 29.0 Å². The zero-order valence-corrected chi connectivity index (χ0v) is 19.0. The number of thiazole rings is 1. The van der Waals surface area contributed by atoms with Gasteiger partial charge in [-0.05, 0) is 37.6 Å². The van der Waals surface area contributed by atoms with Crippen molar-refractivity contribution in [1.29, 1.82) is 0 Å². The topological polar surface area (TPSA) is 77.4 Å². The van der Waals surface area contributed by atoms with Crippen molar-refractivity contribution in [3.8, 4) is 11.3 Å². The molecule has 0 aliphatic heterocycles. The fourth-order valence-corrected chi connectivity index (χ4v) is 4.64. The minimum atomic E-state index is -3.89. The minimum Gasteiger partial charge on any atom is -0.320 e. The molecule has 0 unspecified atom stereocenters. The number of hydrogen-bond donors (Lipinski definition) is 1. The second-order valence-electron chi connectivity index (χ2n) is 6.05. The van der Waals surface area contributed by atoms with Crippen LogP contribution in [0.15, 0.2) is 51.7 Å². The van der Waals surface area contributed by atoms with Crippen molar-refractivity contribution in [3.63, 3.8) is 0 Å². The number of benzene rings is 2. The largest absolute Gasteiger partial charge is 0.320 e. The van der Waals surface area contributed by atoms with E-state index in [2.05, 4.69) is 6.07 Å². The number of primary sulfonamides is 1. The molecule has 9 heteroatoms. The van der Waals surface area contributed by atoms with Gasteiger partial charge in [0.2, 0.25) is 10.0 Å². The lowest BCUT2D eigenvalue weighted by atomic mass is 10.1. The fourth-order valence-electron chi connectivity index (χ4n) is 2.65. The van der Waals surface area contributed by atoms with Crippen LogP contribution in [0.5, 0.6) is 0 Å². The monoisotopic (exact) mass is 487 g/mol. The Balaban J connectivity index is 0.00000261. The molecule has 144 valence electrons. The minimum absolute atomic E-state index is 0. The van der Waals surface area contributed by atoms with Crippen molar-refractivity contribution < 1.29 is 8.42 Å². The van der Waals surface area contributed by atoms with Crippen LogP contribution in [-0.2, 0) is 17.1 Å². The van der Waals surface area contributed by atoms with Gasteiger partial charge in [0, 0.05) is 18.0 Å². The van der Waals surface area contributed by atoms with Crippen LogP contribution in [0.1, 0.15) is 11.1 Å². The van der Waals surface area contributed by atoms with Gasteiger partial charge in [0.05, 0.1) is 16.4 Å². The molecule has 3 rings (SSSR count). The van der Waals surface area contributed by atoms with E-state index in [9.17, 15) is 8.42 Å². The Morgan fingerprint density at radius 1 is 1.15 bits per heavy atom. The quantitative estimate of drug-likeness (QED) is 0.590. The standard InChI is InChI=1S/C18H18ClN3O2S2.BrH/c1-11-4-7-15(12(2)8-11)21-18-22(3)16(10-25-18)13-5-6-14(19)17(9-13)26(20,23)24;/h4-10H,1-3H3,(H2,20,23,24);1H/b21-18+;. The highest BCUT2D eigenvalue weighted by Gasteiger charge is 2.15. The van der Waals surface area contributed by atoms with Gasteiger partial charge in [-0.2, -0.15) is 0 Å². The highest BCUT2D eigenvalue weighted by Crippen LogP contribution is 2.28. The summed E-state index contributed by atoms with van der Waals surface area (Å²) < 4.78 is 25.3. The van der Waals surface area contributed by atoms with Crippen molar-refractivity contribution in [3.05, 3.63) is 62.7 Å². The molecule has 0 saturated heterocycles. The first-order valence-electron chi connectivity index (χ1n) is 7.76. The Labute approximate surface area is 178 Å². The van der Waals surface area contributed by atoms with Gasteiger partial charge in [-0.25, -0.2) is 18.5 Å². The molecule has 1 heterocycles. The lowest BCUT2D eigenvalue weighted by Crippen LogP contribution is -2.14. The third-order valence-corrected chi connectivity index (χ3v) is 6.34. The van der Waals surface area contributed by atoms with Gasteiger partial charge in [0.1, 0.15) is 4.90 Å². The number of halogens is 2. The van der Waals surface area contributed by atoms with E-state index in [4.69, 9.17) is 21.7 Å². The first kappa shape index (κ1) is 21.8. The van der Waals surface area contributed by atoms with Gasteiger partial charge in [-0.3, -0.25) is 0 Å². The molecule has 1 aromatic heterocycles. The molecule has 0 bridgehead atoms. The average molecular weight is 489 g/mol. The van der Waals surface area contributed by atoms with Gasteiger partial charge in [-0.15, -0.1) is 28.3 Å². The zero-order valence-electron chi connectivity index (χ0n) is 14.9. The van der Waals surface area contributed by atoms with E-state index in [1.54, 1.807) is 6.07 Å². The number of rotatable bonds is 3. The molecule has 27 heavy (non-hydrogen) atoms. The van der Waals surface area contributed by atoms with Gasteiger partial charge < -0.3 is 4.57 Å². The lowest BCUT2D eigenvalue weighted by Gasteiger charge is -2.07. The molecular formula is C18H19BrClN3O2S2. The molecule has 2 aromatic carbocycles. The Kier molecular flexibility index (Phi) is 6.70. The molecule has 0 radical (unpaired) electrons. The van der Waals surface area contributed by atoms with Crippen LogP contribution in [-0.4, -0.2) is 13.0 Å². The molecule has 0 saturated carbocycles. The molecular weight excluding hydrogens is 470 g/mol. The van der Waals surface area contributed by atoms with E-state index in [-0.39, 0.29) is 26.9 Å². The number of nitrogens with zero attached hydrogens (tertiary/aromatic N) is 2. The summed E-state index contributed by atoms with van der Waals surface area (Å²) in [5.41, 5.74) is 4.73. The third-order valence-electron chi connectivity index (χ3n) is 4.03. The van der Waals surface area contributed by atoms with E-state index in [0.29, 0.717) is 5.56 Å². The maximum atomic E-state index is 11.7. The van der Waals surface area contributed by atoms with Crippen LogP contribution in [0.25, 0.3) is 11.3 Å². The second kappa shape index (κ2) is 8.28. The molecule has 5 nitrogen and oxygen atoms in total. The smallest absolute Gasteiger partial charge is 0.239 e. The van der Waals surface area contributed by atoms with Crippen molar-refractivity contribution in [2.45, 2.75) is 18.7 Å². The normalized spacial score (nSPS) is 12.1. The predicted octanol–water partition coefficient (Wildman–Crippen LogP) is 4.48.